The zero-order valence-electron chi connectivity index (χ0n) is 11.4. The lowest BCUT2D eigenvalue weighted by atomic mass is 10.1. The summed E-state index contributed by atoms with van der Waals surface area (Å²) in [5.74, 6) is 3.70. The third-order valence-corrected chi connectivity index (χ3v) is 4.12. The van der Waals surface area contributed by atoms with Gasteiger partial charge in [0.2, 0.25) is 0 Å². The zero-order valence-corrected chi connectivity index (χ0v) is 11.4. The van der Waals surface area contributed by atoms with Crippen LogP contribution in [-0.2, 0) is 0 Å². The predicted octanol–water partition coefficient (Wildman–Crippen LogP) is 3.95. The summed E-state index contributed by atoms with van der Waals surface area (Å²) in [5, 5.41) is 3.57. The van der Waals surface area contributed by atoms with E-state index in [1.807, 2.05) is 0 Å². The molecule has 2 atom stereocenters. The van der Waals surface area contributed by atoms with Crippen LogP contribution in [0.15, 0.2) is 22.1 Å². The summed E-state index contributed by atoms with van der Waals surface area (Å²) in [4.78, 5) is 0. The highest BCUT2D eigenvalue weighted by atomic mass is 16.3. The third-order valence-electron chi connectivity index (χ3n) is 4.12. The van der Waals surface area contributed by atoms with Crippen molar-refractivity contribution in [3.8, 4) is 0 Å². The van der Waals surface area contributed by atoms with Crippen LogP contribution < -0.4 is 5.32 Å². The Bertz CT molecular complexity index is 442. The Labute approximate surface area is 109 Å². The lowest BCUT2D eigenvalue weighted by molar-refractivity contribution is 0.497. The van der Waals surface area contributed by atoms with Gasteiger partial charge in [-0.1, -0.05) is 19.4 Å². The Hall–Kier alpha value is -1.02. The first-order chi connectivity index (χ1) is 8.76. The van der Waals surface area contributed by atoms with Crippen molar-refractivity contribution in [3.63, 3.8) is 0 Å². The van der Waals surface area contributed by atoms with Crippen molar-refractivity contribution in [2.24, 2.45) is 5.92 Å². The van der Waals surface area contributed by atoms with Crippen molar-refractivity contribution in [2.45, 2.75) is 51.5 Å². The predicted molar refractivity (Wildman–Crippen MR) is 74.5 cm³/mol. The summed E-state index contributed by atoms with van der Waals surface area (Å²) in [6.07, 6.45) is 7.30. The van der Waals surface area contributed by atoms with Crippen LogP contribution in [0.2, 0.25) is 0 Å². The fourth-order valence-corrected chi connectivity index (χ4v) is 2.41. The Kier molecular flexibility index (Phi) is 3.29. The third kappa shape index (κ3) is 2.86. The van der Waals surface area contributed by atoms with E-state index < -0.39 is 0 Å². The second-order valence-corrected chi connectivity index (χ2v) is 5.87. The van der Waals surface area contributed by atoms with E-state index in [9.17, 15) is 0 Å². The van der Waals surface area contributed by atoms with Gasteiger partial charge in [-0.2, -0.15) is 0 Å². The molecule has 0 aromatic carbocycles. The lowest BCUT2D eigenvalue weighted by Crippen LogP contribution is -2.18. The molecular weight excluding hydrogens is 222 g/mol. The van der Waals surface area contributed by atoms with Crippen LogP contribution in [0.4, 0.5) is 0 Å². The van der Waals surface area contributed by atoms with Gasteiger partial charge in [-0.3, -0.25) is 0 Å². The monoisotopic (exact) mass is 245 g/mol. The molecule has 2 saturated carbocycles. The summed E-state index contributed by atoms with van der Waals surface area (Å²) >= 11 is 0. The van der Waals surface area contributed by atoms with E-state index in [0.29, 0.717) is 5.92 Å². The maximum absolute atomic E-state index is 5.93. The number of hydrogen-bond donors (Lipinski definition) is 1. The van der Waals surface area contributed by atoms with E-state index in [-0.39, 0.29) is 0 Å². The quantitative estimate of drug-likeness (QED) is 0.821. The molecule has 1 N–H and O–H groups in total. The van der Waals surface area contributed by atoms with E-state index in [0.717, 1.165) is 30.7 Å². The smallest absolute Gasteiger partial charge is 0.127 e. The van der Waals surface area contributed by atoms with Gasteiger partial charge >= 0.3 is 0 Å². The van der Waals surface area contributed by atoms with E-state index in [1.54, 1.807) is 0 Å². The molecule has 0 spiro atoms. The van der Waals surface area contributed by atoms with Crippen molar-refractivity contribution in [3.05, 3.63) is 29.2 Å². The first-order valence-corrected chi connectivity index (χ1v) is 7.29. The molecule has 2 heteroatoms. The van der Waals surface area contributed by atoms with Crippen molar-refractivity contribution >= 4 is 6.08 Å². The van der Waals surface area contributed by atoms with Gasteiger partial charge in [0.25, 0.3) is 0 Å². The molecule has 98 valence electrons. The minimum Gasteiger partial charge on any atom is -0.461 e. The topological polar surface area (TPSA) is 25.2 Å². The molecule has 3 rings (SSSR count). The summed E-state index contributed by atoms with van der Waals surface area (Å²) in [5.41, 5.74) is 1.44. The fraction of sp³-hybridized carbons (Fsp3) is 0.625. The summed E-state index contributed by atoms with van der Waals surface area (Å²) in [6, 6.07) is 5.05. The minimum absolute atomic E-state index is 0.682. The molecule has 0 aliphatic heterocycles. The average Bonchev–Trinajstić information content (AvgIpc) is 3.27. The van der Waals surface area contributed by atoms with Crippen LogP contribution in [0.3, 0.4) is 0 Å². The van der Waals surface area contributed by atoms with Gasteiger partial charge in [-0.25, -0.2) is 0 Å². The Morgan fingerprint density at radius 3 is 2.83 bits per heavy atom. The summed E-state index contributed by atoms with van der Waals surface area (Å²) in [7, 11) is 0. The fourth-order valence-electron chi connectivity index (χ4n) is 2.41. The van der Waals surface area contributed by atoms with E-state index >= 15 is 0 Å². The highest BCUT2D eigenvalue weighted by Gasteiger charge is 2.36. The van der Waals surface area contributed by atoms with Gasteiger partial charge < -0.3 is 9.73 Å². The molecular formula is C16H23NO. The highest BCUT2D eigenvalue weighted by molar-refractivity contribution is 5.48. The van der Waals surface area contributed by atoms with Crippen LogP contribution in [0.5, 0.6) is 0 Å². The second-order valence-electron chi connectivity index (χ2n) is 5.87. The van der Waals surface area contributed by atoms with Crippen LogP contribution in [-0.4, -0.2) is 12.6 Å². The number of furan rings is 1. The van der Waals surface area contributed by atoms with Gasteiger partial charge in [0.1, 0.15) is 11.5 Å². The Balaban J connectivity index is 1.62. The maximum atomic E-state index is 5.93. The average molecular weight is 245 g/mol. The number of hydrogen-bond acceptors (Lipinski definition) is 2. The van der Waals surface area contributed by atoms with Gasteiger partial charge in [0.15, 0.2) is 0 Å². The molecule has 0 radical (unpaired) electrons. The van der Waals surface area contributed by atoms with Gasteiger partial charge in [-0.15, -0.1) is 0 Å². The molecule has 0 bridgehead atoms. The van der Waals surface area contributed by atoms with Gasteiger partial charge in [0, 0.05) is 18.5 Å². The molecule has 1 aromatic rings. The van der Waals surface area contributed by atoms with E-state index in [2.05, 4.69) is 37.4 Å². The SMILES string of the molecule is CCC(=Cc1ccc(C2CC2C)o1)CNC1CC1. The van der Waals surface area contributed by atoms with E-state index in [4.69, 9.17) is 4.42 Å². The Morgan fingerprint density at radius 2 is 2.22 bits per heavy atom. The number of rotatable bonds is 6. The van der Waals surface area contributed by atoms with Gasteiger partial charge in [0.05, 0.1) is 0 Å². The molecule has 2 aliphatic rings. The molecule has 18 heavy (non-hydrogen) atoms. The van der Waals surface area contributed by atoms with Crippen molar-refractivity contribution < 1.29 is 4.42 Å². The van der Waals surface area contributed by atoms with Crippen LogP contribution in [0.25, 0.3) is 6.08 Å². The molecule has 2 nitrogen and oxygen atoms in total. The van der Waals surface area contributed by atoms with Crippen LogP contribution >= 0.6 is 0 Å². The van der Waals surface area contributed by atoms with Crippen LogP contribution in [0, 0.1) is 5.92 Å². The molecule has 1 heterocycles. The number of nitrogens with one attached hydrogen (secondary N) is 1. The first-order valence-electron chi connectivity index (χ1n) is 7.29. The molecule has 1 aromatic heterocycles. The first kappa shape index (κ1) is 12.0. The van der Waals surface area contributed by atoms with Crippen molar-refractivity contribution in [1.29, 1.82) is 0 Å². The Morgan fingerprint density at radius 1 is 1.44 bits per heavy atom. The molecule has 2 unspecified atom stereocenters. The van der Waals surface area contributed by atoms with Gasteiger partial charge in [-0.05, 0) is 49.8 Å². The highest BCUT2D eigenvalue weighted by Crippen LogP contribution is 2.47. The molecule has 0 saturated heterocycles. The van der Waals surface area contributed by atoms with Crippen molar-refractivity contribution in [1.82, 2.24) is 5.32 Å². The zero-order chi connectivity index (χ0) is 12.5. The standard InChI is InChI=1S/C16H23NO/c1-3-12(10-17-13-4-5-13)9-14-6-7-16(18-14)15-8-11(15)2/h6-7,9,11,13,15,17H,3-5,8,10H2,1-2H3. The normalized spacial score (nSPS) is 27.6. The second kappa shape index (κ2) is 4.93. The minimum atomic E-state index is 0.682. The van der Waals surface area contributed by atoms with E-state index in [1.165, 1.54) is 30.6 Å². The molecule has 2 aliphatic carbocycles. The molecule has 2 fully saturated rings. The summed E-state index contributed by atoms with van der Waals surface area (Å²) in [6.45, 7) is 5.52. The maximum Gasteiger partial charge on any atom is 0.127 e. The lowest BCUT2D eigenvalue weighted by Gasteiger charge is -2.05. The van der Waals surface area contributed by atoms with Crippen molar-refractivity contribution in [2.75, 3.05) is 6.54 Å². The van der Waals surface area contributed by atoms with Crippen LogP contribution in [0.1, 0.15) is 57.0 Å². The summed E-state index contributed by atoms with van der Waals surface area (Å²) < 4.78 is 5.93. The largest absolute Gasteiger partial charge is 0.461 e. The molecule has 0 amide bonds.